The fourth-order valence-corrected chi connectivity index (χ4v) is 5.42. The molecule has 10 heteroatoms. The molecule has 0 unspecified atom stereocenters. The van der Waals surface area contributed by atoms with Gasteiger partial charge in [0.2, 0.25) is 0 Å². The fraction of sp³-hybridized carbons (Fsp3) is 0.552. The monoisotopic (exact) mass is 544 g/mol. The van der Waals surface area contributed by atoms with Crippen LogP contribution in [0.1, 0.15) is 58.4 Å². The highest BCUT2D eigenvalue weighted by atomic mass is 19.1. The van der Waals surface area contributed by atoms with Crippen molar-refractivity contribution in [2.45, 2.75) is 52.9 Å². The molecular weight excluding hydrogens is 503 g/mol. The normalized spacial score (nSPS) is 17.2. The van der Waals surface area contributed by atoms with Gasteiger partial charge < -0.3 is 30.3 Å². The quantitative estimate of drug-likeness (QED) is 0.314. The van der Waals surface area contributed by atoms with Gasteiger partial charge in [0.05, 0.1) is 37.0 Å². The maximum Gasteiger partial charge on any atom is 0.336 e. The van der Waals surface area contributed by atoms with Gasteiger partial charge in [-0.15, -0.1) is 0 Å². The molecule has 39 heavy (non-hydrogen) atoms. The van der Waals surface area contributed by atoms with Gasteiger partial charge >= 0.3 is 18.0 Å². The number of carbonyl (C=O) groups excluding carboxylic acids is 3. The number of likely N-dealkylation sites (tertiary alicyclic amines) is 1. The number of allylic oxidation sites excluding steroid dienone is 2. The van der Waals surface area contributed by atoms with E-state index < -0.39 is 29.7 Å². The van der Waals surface area contributed by atoms with Crippen molar-refractivity contribution in [3.63, 3.8) is 0 Å². The number of urea groups is 1. The summed E-state index contributed by atoms with van der Waals surface area (Å²) in [5, 5.41) is 8.38. The molecule has 0 bridgehead atoms. The summed E-state index contributed by atoms with van der Waals surface area (Å²) in [6, 6.07) is 3.57. The third-order valence-corrected chi connectivity index (χ3v) is 7.65. The molecule has 2 aliphatic rings. The molecule has 0 saturated carbocycles. The van der Waals surface area contributed by atoms with E-state index in [1.54, 1.807) is 13.8 Å². The topological polar surface area (TPSA) is 109 Å². The van der Waals surface area contributed by atoms with Crippen molar-refractivity contribution in [2.75, 3.05) is 45.7 Å². The van der Waals surface area contributed by atoms with Crippen LogP contribution in [0.4, 0.5) is 14.9 Å². The number of methoxy groups -OCH3 is 2. The Labute approximate surface area is 230 Å². The summed E-state index contributed by atoms with van der Waals surface area (Å²) in [4.78, 5) is 40.4. The molecule has 3 N–H and O–H groups in total. The van der Waals surface area contributed by atoms with Crippen LogP contribution in [0.25, 0.3) is 0 Å². The van der Waals surface area contributed by atoms with E-state index in [4.69, 9.17) is 9.47 Å². The molecule has 2 amide bonds. The number of piperidine rings is 1. The molecule has 0 aliphatic carbocycles. The number of ether oxygens (including phenoxy) is 2. The fourth-order valence-electron chi connectivity index (χ4n) is 5.42. The summed E-state index contributed by atoms with van der Waals surface area (Å²) in [5.74, 6) is -1.29. The highest BCUT2D eigenvalue weighted by molar-refractivity contribution is 6.00. The van der Waals surface area contributed by atoms with Crippen molar-refractivity contribution in [2.24, 2.45) is 11.8 Å². The van der Waals surface area contributed by atoms with Gasteiger partial charge in [0.15, 0.2) is 0 Å². The lowest BCUT2D eigenvalue weighted by Gasteiger charge is -2.33. The molecule has 1 aromatic carbocycles. The van der Waals surface area contributed by atoms with Gasteiger partial charge in [-0.3, -0.25) is 0 Å². The zero-order valence-electron chi connectivity index (χ0n) is 23.8. The summed E-state index contributed by atoms with van der Waals surface area (Å²) in [7, 11) is 2.50. The number of nitrogens with zero attached hydrogens (tertiary/aromatic N) is 1. The summed E-state index contributed by atoms with van der Waals surface area (Å²) < 4.78 is 24.7. The second kappa shape index (κ2) is 13.6. The lowest BCUT2D eigenvalue weighted by molar-refractivity contribution is -0.137. The molecule has 214 valence electrons. The van der Waals surface area contributed by atoms with Crippen LogP contribution in [0.3, 0.4) is 0 Å². The van der Waals surface area contributed by atoms with E-state index in [1.165, 1.54) is 45.3 Å². The lowest BCUT2D eigenvalue weighted by Crippen LogP contribution is -2.37. The Morgan fingerprint density at radius 3 is 2.18 bits per heavy atom. The maximum absolute atomic E-state index is 14.7. The van der Waals surface area contributed by atoms with Crippen molar-refractivity contribution in [3.05, 3.63) is 52.1 Å². The van der Waals surface area contributed by atoms with Crippen molar-refractivity contribution in [3.8, 4) is 0 Å². The number of amides is 2. The third kappa shape index (κ3) is 7.38. The molecule has 2 aliphatic heterocycles. The molecule has 0 radical (unpaired) electrons. The number of carbonyl (C=O) groups is 3. The second-order valence-corrected chi connectivity index (χ2v) is 10.5. The minimum atomic E-state index is -0.879. The molecule has 1 saturated heterocycles. The van der Waals surface area contributed by atoms with Crippen LogP contribution in [0.2, 0.25) is 0 Å². The number of esters is 2. The Morgan fingerprint density at radius 1 is 1.05 bits per heavy atom. The van der Waals surface area contributed by atoms with Gasteiger partial charge in [-0.1, -0.05) is 19.9 Å². The van der Waals surface area contributed by atoms with Crippen LogP contribution in [0, 0.1) is 17.7 Å². The zero-order chi connectivity index (χ0) is 28.7. The minimum absolute atomic E-state index is 0.0666. The molecule has 9 nitrogen and oxygen atoms in total. The Hall–Kier alpha value is -3.40. The number of anilines is 1. The minimum Gasteiger partial charge on any atom is -0.466 e. The first-order chi connectivity index (χ1) is 18.6. The highest BCUT2D eigenvalue weighted by Gasteiger charge is 2.38. The molecule has 1 aromatic rings. The lowest BCUT2D eigenvalue weighted by atomic mass is 9.80. The molecule has 2 heterocycles. The van der Waals surface area contributed by atoms with Gasteiger partial charge in [0.25, 0.3) is 0 Å². The predicted octanol–water partition coefficient (Wildman–Crippen LogP) is 4.29. The van der Waals surface area contributed by atoms with Crippen molar-refractivity contribution >= 4 is 23.7 Å². The SMILES string of the molecule is COC(=O)C1=C(C)NC(C)=C(C(=O)OC)C1c1ccc(F)c(NC(=O)NCCCN2CCC(C(C)C)CC2)c1. The highest BCUT2D eigenvalue weighted by Crippen LogP contribution is 2.40. The van der Waals surface area contributed by atoms with Gasteiger partial charge in [-0.05, 0) is 82.3 Å². The van der Waals surface area contributed by atoms with Crippen molar-refractivity contribution in [1.82, 2.24) is 15.5 Å². The number of hydrogen-bond acceptors (Lipinski definition) is 7. The molecular formula is C29H41FN4O5. The van der Waals surface area contributed by atoms with E-state index >= 15 is 0 Å². The largest absolute Gasteiger partial charge is 0.466 e. The summed E-state index contributed by atoms with van der Waals surface area (Å²) in [5.41, 5.74) is 1.76. The van der Waals surface area contributed by atoms with E-state index in [2.05, 4.69) is 34.7 Å². The van der Waals surface area contributed by atoms with Gasteiger partial charge in [0.1, 0.15) is 5.82 Å². The average molecular weight is 545 g/mol. The first-order valence-corrected chi connectivity index (χ1v) is 13.5. The Balaban J connectivity index is 1.69. The van der Waals surface area contributed by atoms with Crippen molar-refractivity contribution in [1.29, 1.82) is 0 Å². The Bertz CT molecular complexity index is 1100. The number of nitrogens with one attached hydrogen (secondary N) is 3. The molecule has 0 aromatic heterocycles. The van der Waals surface area contributed by atoms with E-state index in [0.717, 1.165) is 32.0 Å². The zero-order valence-corrected chi connectivity index (χ0v) is 23.8. The smallest absolute Gasteiger partial charge is 0.336 e. The van der Waals surface area contributed by atoms with Crippen LogP contribution in [-0.2, 0) is 19.1 Å². The first-order valence-electron chi connectivity index (χ1n) is 13.5. The molecule has 0 atom stereocenters. The van der Waals surface area contributed by atoms with Crippen molar-refractivity contribution < 1.29 is 28.2 Å². The van der Waals surface area contributed by atoms with Crippen LogP contribution in [-0.4, -0.2) is 63.3 Å². The average Bonchev–Trinajstić information content (AvgIpc) is 2.91. The molecule has 1 fully saturated rings. The number of dihydropyridines is 1. The van der Waals surface area contributed by atoms with Gasteiger partial charge in [0, 0.05) is 17.9 Å². The van der Waals surface area contributed by atoms with E-state index in [0.29, 0.717) is 29.4 Å². The van der Waals surface area contributed by atoms with Gasteiger partial charge in [-0.25, -0.2) is 18.8 Å². The predicted molar refractivity (Wildman–Crippen MR) is 147 cm³/mol. The number of halogens is 1. The van der Waals surface area contributed by atoms with E-state index in [9.17, 15) is 18.8 Å². The Morgan fingerprint density at radius 2 is 1.64 bits per heavy atom. The Kier molecular flexibility index (Phi) is 10.5. The van der Waals surface area contributed by atoms with Crippen LogP contribution in [0.5, 0.6) is 0 Å². The van der Waals surface area contributed by atoms with E-state index in [-0.39, 0.29) is 16.8 Å². The van der Waals surface area contributed by atoms with E-state index in [1.807, 2.05) is 0 Å². The van der Waals surface area contributed by atoms with Crippen LogP contribution < -0.4 is 16.0 Å². The summed E-state index contributed by atoms with van der Waals surface area (Å²) in [6.07, 6.45) is 3.20. The maximum atomic E-state index is 14.7. The summed E-state index contributed by atoms with van der Waals surface area (Å²) in [6.45, 7) is 11.4. The second-order valence-electron chi connectivity index (χ2n) is 10.5. The molecule has 3 rings (SSSR count). The third-order valence-electron chi connectivity index (χ3n) is 7.65. The molecule has 0 spiro atoms. The van der Waals surface area contributed by atoms with Gasteiger partial charge in [-0.2, -0.15) is 0 Å². The standard InChI is InChI=1S/C29H41FN4O5/c1-17(2)20-10-14-34(15-11-20)13-7-12-31-29(37)33-23-16-21(8-9-22(23)30)26-24(27(35)38-5)18(3)32-19(4)25(26)28(36)39-6/h8-9,16-17,20,26,32H,7,10-15H2,1-6H3,(H2,31,33,37). The summed E-state index contributed by atoms with van der Waals surface area (Å²) >= 11 is 0. The number of hydrogen-bond donors (Lipinski definition) is 3. The van der Waals surface area contributed by atoms with Crippen LogP contribution in [0.15, 0.2) is 40.7 Å². The number of rotatable bonds is 9. The number of benzene rings is 1. The first kappa shape index (κ1) is 30.1. The van der Waals surface area contributed by atoms with Crippen LogP contribution >= 0.6 is 0 Å².